The Kier molecular flexibility index (Phi) is 6.10. The molecule has 0 saturated heterocycles. The highest BCUT2D eigenvalue weighted by Crippen LogP contribution is 2.42. The number of halogens is 1. The number of rotatable bonds is 5. The van der Waals surface area contributed by atoms with Crippen LogP contribution in [-0.4, -0.2) is 22.4 Å². The van der Waals surface area contributed by atoms with E-state index in [1.165, 1.54) is 4.68 Å². The summed E-state index contributed by atoms with van der Waals surface area (Å²) in [4.78, 5) is 26.9. The number of carbonyl (C=O) groups is 1. The van der Waals surface area contributed by atoms with Crippen molar-refractivity contribution in [1.29, 1.82) is 0 Å². The number of aryl methyl sites for hydroxylation is 3. The molecule has 0 radical (unpaired) electrons. The number of aromatic nitrogens is 2. The van der Waals surface area contributed by atoms with E-state index >= 15 is 0 Å². The summed E-state index contributed by atoms with van der Waals surface area (Å²) in [6.07, 6.45) is 0.365. The van der Waals surface area contributed by atoms with E-state index in [1.807, 2.05) is 57.2 Å². The molecular formula is C28H26ClN3O4. The van der Waals surface area contributed by atoms with Crippen LogP contribution in [0, 0.1) is 20.8 Å². The maximum Gasteiger partial charge on any atom is 0.278 e. The van der Waals surface area contributed by atoms with Crippen molar-refractivity contribution in [1.82, 2.24) is 9.36 Å². The number of nitrogens with zero attached hydrogens (tertiary/aromatic N) is 2. The fourth-order valence-corrected chi connectivity index (χ4v) is 4.69. The lowest BCUT2D eigenvalue weighted by molar-refractivity contribution is -0.117. The van der Waals surface area contributed by atoms with E-state index in [0.717, 1.165) is 22.3 Å². The van der Waals surface area contributed by atoms with Crippen LogP contribution in [0.2, 0.25) is 5.02 Å². The average Bonchev–Trinajstić information content (AvgIpc) is 3.11. The van der Waals surface area contributed by atoms with Crippen LogP contribution in [0.3, 0.4) is 0 Å². The number of amides is 1. The number of ether oxygens (including phenoxy) is 2. The fourth-order valence-electron chi connectivity index (χ4n) is 4.41. The molecule has 1 amide bonds. The van der Waals surface area contributed by atoms with Gasteiger partial charge in [-0.05, 0) is 67.8 Å². The van der Waals surface area contributed by atoms with Gasteiger partial charge in [-0.3, -0.25) is 9.59 Å². The SMILES string of the molecule is COc1cccc2c1Oc1c(c(=O)n(-c3ccc(C)c(C)c3)n1CC(=O)Nc1ccc(C)cc1Cl)C2. The fraction of sp³-hybridized carbons (Fsp3) is 0.214. The van der Waals surface area contributed by atoms with Crippen molar-refractivity contribution in [2.75, 3.05) is 12.4 Å². The first-order valence-corrected chi connectivity index (χ1v) is 12.0. The van der Waals surface area contributed by atoms with Crippen LogP contribution < -0.4 is 20.3 Å². The molecule has 0 bridgehead atoms. The van der Waals surface area contributed by atoms with Crippen LogP contribution in [0.15, 0.2) is 59.4 Å². The van der Waals surface area contributed by atoms with Gasteiger partial charge in [0.1, 0.15) is 6.54 Å². The van der Waals surface area contributed by atoms with Crippen molar-refractivity contribution < 1.29 is 14.3 Å². The van der Waals surface area contributed by atoms with E-state index in [2.05, 4.69) is 5.32 Å². The summed E-state index contributed by atoms with van der Waals surface area (Å²) in [5, 5.41) is 3.30. The largest absolute Gasteiger partial charge is 0.493 e. The minimum atomic E-state index is -0.342. The zero-order valence-electron chi connectivity index (χ0n) is 20.5. The topological polar surface area (TPSA) is 74.5 Å². The summed E-state index contributed by atoms with van der Waals surface area (Å²) in [6.45, 7) is 5.76. The molecule has 0 fully saturated rings. The Balaban J connectivity index is 1.61. The summed E-state index contributed by atoms with van der Waals surface area (Å²) in [7, 11) is 1.57. The van der Waals surface area contributed by atoms with Crippen molar-refractivity contribution in [2.45, 2.75) is 33.7 Å². The molecule has 4 aromatic rings. The molecule has 5 rings (SSSR count). The zero-order chi connectivity index (χ0) is 25.6. The third-order valence-corrected chi connectivity index (χ3v) is 6.77. The number of carbonyl (C=O) groups excluding carboxylic acids is 1. The second kappa shape index (κ2) is 9.24. The highest BCUT2D eigenvalue weighted by Gasteiger charge is 2.31. The maximum absolute atomic E-state index is 13.7. The Hall–Kier alpha value is -3.97. The smallest absolute Gasteiger partial charge is 0.278 e. The van der Waals surface area contributed by atoms with Gasteiger partial charge in [0.15, 0.2) is 11.5 Å². The molecule has 1 aromatic heterocycles. The molecule has 0 spiro atoms. The Morgan fingerprint density at radius 1 is 1.08 bits per heavy atom. The summed E-state index contributed by atoms with van der Waals surface area (Å²) in [5.74, 6) is 1.08. The second-order valence-corrected chi connectivity index (χ2v) is 9.39. The molecule has 0 aliphatic carbocycles. The van der Waals surface area contributed by atoms with Gasteiger partial charge in [-0.15, -0.1) is 0 Å². The molecule has 0 unspecified atom stereocenters. The maximum atomic E-state index is 13.7. The number of methoxy groups -OCH3 is 1. The molecule has 184 valence electrons. The minimum Gasteiger partial charge on any atom is -0.493 e. The van der Waals surface area contributed by atoms with Gasteiger partial charge in [0.2, 0.25) is 11.8 Å². The van der Waals surface area contributed by atoms with Crippen LogP contribution in [-0.2, 0) is 17.8 Å². The van der Waals surface area contributed by atoms with Crippen LogP contribution >= 0.6 is 11.6 Å². The monoisotopic (exact) mass is 503 g/mol. The molecule has 0 saturated carbocycles. The quantitative estimate of drug-likeness (QED) is 0.340. The standard InChI is InChI=1S/C28H26ClN3O4/c1-16-8-11-23(22(29)12-16)30-25(33)15-31-28-21(14-19-6-5-7-24(35-4)26(19)36-28)27(34)32(31)20-10-9-17(2)18(3)13-20/h5-13H,14-15H2,1-4H3,(H,30,33). The van der Waals surface area contributed by atoms with Crippen molar-refractivity contribution in [2.24, 2.45) is 0 Å². The Labute approximate surface area is 213 Å². The third-order valence-electron chi connectivity index (χ3n) is 6.46. The molecule has 2 heterocycles. The Morgan fingerprint density at radius 2 is 1.89 bits per heavy atom. The van der Waals surface area contributed by atoms with E-state index in [0.29, 0.717) is 45.8 Å². The van der Waals surface area contributed by atoms with E-state index in [1.54, 1.807) is 30.0 Å². The normalized spacial score (nSPS) is 11.9. The number of nitrogens with one attached hydrogen (secondary N) is 1. The molecule has 8 heteroatoms. The van der Waals surface area contributed by atoms with Crippen LogP contribution in [0.1, 0.15) is 27.8 Å². The summed E-state index contributed by atoms with van der Waals surface area (Å²) < 4.78 is 14.8. The number of anilines is 1. The van der Waals surface area contributed by atoms with Crippen molar-refractivity contribution in [3.05, 3.63) is 97.8 Å². The number of para-hydroxylation sites is 1. The lowest BCUT2D eigenvalue weighted by Crippen LogP contribution is -2.27. The zero-order valence-corrected chi connectivity index (χ0v) is 21.3. The van der Waals surface area contributed by atoms with E-state index in [-0.39, 0.29) is 18.0 Å². The van der Waals surface area contributed by atoms with E-state index < -0.39 is 0 Å². The molecule has 1 aliphatic heterocycles. The first kappa shape index (κ1) is 23.8. The lowest BCUT2D eigenvalue weighted by Gasteiger charge is -2.21. The number of hydrogen-bond acceptors (Lipinski definition) is 4. The van der Waals surface area contributed by atoms with Crippen molar-refractivity contribution in [3.8, 4) is 23.1 Å². The summed E-state index contributed by atoms with van der Waals surface area (Å²) >= 11 is 6.33. The summed E-state index contributed by atoms with van der Waals surface area (Å²) in [5.41, 5.74) is 5.38. The van der Waals surface area contributed by atoms with Gasteiger partial charge in [0.25, 0.3) is 5.56 Å². The van der Waals surface area contributed by atoms with Gasteiger partial charge >= 0.3 is 0 Å². The van der Waals surface area contributed by atoms with Crippen molar-refractivity contribution in [3.63, 3.8) is 0 Å². The molecule has 3 aromatic carbocycles. The Morgan fingerprint density at radius 3 is 2.61 bits per heavy atom. The number of fused-ring (bicyclic) bond motifs is 2. The minimum absolute atomic E-state index is 0.161. The van der Waals surface area contributed by atoms with Gasteiger partial charge in [-0.2, -0.15) is 0 Å². The van der Waals surface area contributed by atoms with Crippen LogP contribution in [0.4, 0.5) is 5.69 Å². The van der Waals surface area contributed by atoms with Gasteiger partial charge in [-0.25, -0.2) is 9.36 Å². The molecule has 1 N–H and O–H groups in total. The van der Waals surface area contributed by atoms with E-state index in [9.17, 15) is 9.59 Å². The molecule has 36 heavy (non-hydrogen) atoms. The first-order valence-electron chi connectivity index (χ1n) is 11.6. The predicted molar refractivity (Wildman–Crippen MR) is 140 cm³/mol. The first-order chi connectivity index (χ1) is 17.3. The van der Waals surface area contributed by atoms with Crippen molar-refractivity contribution >= 4 is 23.2 Å². The van der Waals surface area contributed by atoms with Gasteiger partial charge in [-0.1, -0.05) is 35.9 Å². The van der Waals surface area contributed by atoms with Crippen LogP contribution in [0.5, 0.6) is 17.4 Å². The van der Waals surface area contributed by atoms with Gasteiger partial charge < -0.3 is 14.8 Å². The number of benzene rings is 3. The molecule has 7 nitrogen and oxygen atoms in total. The third kappa shape index (κ3) is 4.16. The lowest BCUT2D eigenvalue weighted by atomic mass is 10.0. The van der Waals surface area contributed by atoms with Gasteiger partial charge in [0.05, 0.1) is 29.1 Å². The molecular weight excluding hydrogens is 478 g/mol. The predicted octanol–water partition coefficient (Wildman–Crippen LogP) is 5.56. The number of hydrogen-bond donors (Lipinski definition) is 1. The molecule has 0 atom stereocenters. The highest BCUT2D eigenvalue weighted by molar-refractivity contribution is 6.33. The van der Waals surface area contributed by atoms with Crippen LogP contribution in [0.25, 0.3) is 5.69 Å². The second-order valence-electron chi connectivity index (χ2n) is 8.99. The average molecular weight is 504 g/mol. The highest BCUT2D eigenvalue weighted by atomic mass is 35.5. The summed E-state index contributed by atoms with van der Waals surface area (Å²) in [6, 6.07) is 16.7. The van der Waals surface area contributed by atoms with E-state index in [4.69, 9.17) is 21.1 Å². The van der Waals surface area contributed by atoms with Gasteiger partial charge in [0, 0.05) is 12.0 Å². The molecule has 1 aliphatic rings. The Bertz CT molecular complexity index is 1570.